The lowest BCUT2D eigenvalue weighted by Gasteiger charge is -2.18. The van der Waals surface area contributed by atoms with E-state index in [0.29, 0.717) is 0 Å². The molecule has 1 aliphatic rings. The SMILES string of the molecule is Cn1cc([C@@H]2C[C@H]2C(=O)O[C@@H](c2ccccc2)c2ccncc2)cn1. The fraction of sp³-hybridized carbons (Fsp3) is 0.250. The van der Waals surface area contributed by atoms with Gasteiger partial charge in [0, 0.05) is 37.1 Å². The van der Waals surface area contributed by atoms with E-state index < -0.39 is 6.10 Å². The van der Waals surface area contributed by atoms with Crippen molar-refractivity contribution >= 4 is 5.97 Å². The fourth-order valence-corrected chi connectivity index (χ4v) is 3.15. The van der Waals surface area contributed by atoms with Crippen LogP contribution in [0.1, 0.15) is 35.1 Å². The zero-order chi connectivity index (χ0) is 17.2. The Labute approximate surface area is 146 Å². The second-order valence-electron chi connectivity index (χ2n) is 6.40. The van der Waals surface area contributed by atoms with E-state index in [0.717, 1.165) is 23.1 Å². The Bertz CT molecular complexity index is 821. The van der Waals surface area contributed by atoms with Gasteiger partial charge in [-0.15, -0.1) is 0 Å². The van der Waals surface area contributed by atoms with Crippen LogP contribution in [0.5, 0.6) is 0 Å². The lowest BCUT2D eigenvalue weighted by atomic mass is 10.0. The van der Waals surface area contributed by atoms with E-state index in [1.54, 1.807) is 17.1 Å². The molecule has 0 N–H and O–H groups in total. The highest BCUT2D eigenvalue weighted by atomic mass is 16.5. The molecule has 1 aromatic carbocycles. The third-order valence-corrected chi connectivity index (χ3v) is 4.59. The number of nitrogens with zero attached hydrogens (tertiary/aromatic N) is 3. The van der Waals surface area contributed by atoms with Crippen molar-refractivity contribution in [3.8, 4) is 0 Å². The van der Waals surface area contributed by atoms with Crippen LogP contribution in [-0.4, -0.2) is 20.7 Å². The summed E-state index contributed by atoms with van der Waals surface area (Å²) in [6.45, 7) is 0. The first kappa shape index (κ1) is 15.6. The van der Waals surface area contributed by atoms with E-state index >= 15 is 0 Å². The van der Waals surface area contributed by atoms with Gasteiger partial charge in [0.15, 0.2) is 6.10 Å². The van der Waals surface area contributed by atoms with E-state index in [4.69, 9.17) is 4.74 Å². The molecule has 1 saturated carbocycles. The molecule has 0 radical (unpaired) electrons. The molecule has 25 heavy (non-hydrogen) atoms. The molecule has 0 amide bonds. The number of pyridine rings is 1. The van der Waals surface area contributed by atoms with Crippen molar-refractivity contribution in [3.05, 3.63) is 83.9 Å². The summed E-state index contributed by atoms with van der Waals surface area (Å²) in [6.07, 6.45) is 7.64. The molecule has 0 spiro atoms. The molecule has 1 aliphatic carbocycles. The van der Waals surface area contributed by atoms with Gasteiger partial charge in [0.25, 0.3) is 0 Å². The molecule has 2 heterocycles. The van der Waals surface area contributed by atoms with E-state index in [-0.39, 0.29) is 17.8 Å². The van der Waals surface area contributed by atoms with Gasteiger partial charge < -0.3 is 4.74 Å². The summed E-state index contributed by atoms with van der Waals surface area (Å²) in [5, 5.41) is 4.19. The molecule has 3 atom stereocenters. The van der Waals surface area contributed by atoms with E-state index in [1.807, 2.05) is 61.9 Å². The summed E-state index contributed by atoms with van der Waals surface area (Å²) in [7, 11) is 1.88. The first-order chi connectivity index (χ1) is 12.2. The van der Waals surface area contributed by atoms with E-state index in [2.05, 4.69) is 10.1 Å². The molecule has 0 saturated heterocycles. The van der Waals surface area contributed by atoms with Crippen molar-refractivity contribution in [1.82, 2.24) is 14.8 Å². The predicted octanol–water partition coefficient (Wildman–Crippen LogP) is 3.25. The van der Waals surface area contributed by atoms with Crippen LogP contribution in [0.15, 0.2) is 67.3 Å². The highest BCUT2D eigenvalue weighted by molar-refractivity contribution is 5.78. The maximum Gasteiger partial charge on any atom is 0.310 e. The summed E-state index contributed by atoms with van der Waals surface area (Å²) < 4.78 is 7.67. The van der Waals surface area contributed by atoms with Crippen molar-refractivity contribution in [1.29, 1.82) is 0 Å². The lowest BCUT2D eigenvalue weighted by molar-refractivity contribution is -0.149. The predicted molar refractivity (Wildman–Crippen MR) is 92.7 cm³/mol. The third-order valence-electron chi connectivity index (χ3n) is 4.59. The van der Waals surface area contributed by atoms with Crippen LogP contribution in [0.25, 0.3) is 0 Å². The number of benzene rings is 1. The summed E-state index contributed by atoms with van der Waals surface area (Å²) in [5.74, 6) is -0.0215. The highest BCUT2D eigenvalue weighted by Gasteiger charge is 2.46. The van der Waals surface area contributed by atoms with Crippen molar-refractivity contribution in [2.45, 2.75) is 18.4 Å². The smallest absolute Gasteiger partial charge is 0.310 e. The molecular weight excluding hydrogens is 314 g/mol. The monoisotopic (exact) mass is 333 g/mol. The number of rotatable bonds is 5. The fourth-order valence-electron chi connectivity index (χ4n) is 3.15. The van der Waals surface area contributed by atoms with Crippen LogP contribution in [0, 0.1) is 5.92 Å². The normalized spacial score (nSPS) is 20.0. The maximum atomic E-state index is 12.7. The van der Waals surface area contributed by atoms with E-state index in [9.17, 15) is 4.79 Å². The number of carbonyl (C=O) groups is 1. The number of ether oxygens (including phenoxy) is 1. The number of esters is 1. The van der Waals surface area contributed by atoms with Crippen LogP contribution in [-0.2, 0) is 16.6 Å². The second kappa shape index (κ2) is 6.51. The zero-order valence-corrected chi connectivity index (χ0v) is 13.9. The highest BCUT2D eigenvalue weighted by Crippen LogP contribution is 2.48. The minimum absolute atomic E-state index is 0.0859. The van der Waals surface area contributed by atoms with E-state index in [1.165, 1.54) is 0 Å². The van der Waals surface area contributed by atoms with Crippen molar-refractivity contribution < 1.29 is 9.53 Å². The van der Waals surface area contributed by atoms with Gasteiger partial charge in [-0.1, -0.05) is 30.3 Å². The molecule has 2 aromatic heterocycles. The molecule has 4 rings (SSSR count). The molecule has 3 aromatic rings. The molecular formula is C20H19N3O2. The van der Waals surface area contributed by atoms with Gasteiger partial charge in [-0.2, -0.15) is 5.10 Å². The van der Waals surface area contributed by atoms with Crippen molar-refractivity contribution in [2.75, 3.05) is 0 Å². The number of aromatic nitrogens is 3. The zero-order valence-electron chi connectivity index (χ0n) is 13.9. The van der Waals surface area contributed by atoms with Crippen LogP contribution >= 0.6 is 0 Å². The summed E-state index contributed by atoms with van der Waals surface area (Å²) in [6, 6.07) is 13.6. The van der Waals surface area contributed by atoms with Crippen molar-refractivity contribution in [3.63, 3.8) is 0 Å². The molecule has 1 fully saturated rings. The van der Waals surface area contributed by atoms with Gasteiger partial charge in [-0.3, -0.25) is 14.5 Å². The number of hydrogen-bond acceptors (Lipinski definition) is 4. The first-order valence-electron chi connectivity index (χ1n) is 8.36. The van der Waals surface area contributed by atoms with Crippen LogP contribution < -0.4 is 0 Å². The van der Waals surface area contributed by atoms with Gasteiger partial charge in [-0.25, -0.2) is 0 Å². The maximum absolute atomic E-state index is 12.7. The molecule has 5 nitrogen and oxygen atoms in total. The molecule has 126 valence electrons. The molecule has 0 unspecified atom stereocenters. The number of hydrogen-bond donors (Lipinski definition) is 0. The average Bonchev–Trinajstić information content (AvgIpc) is 3.35. The minimum atomic E-state index is -0.410. The Balaban J connectivity index is 1.52. The van der Waals surface area contributed by atoms with Crippen LogP contribution in [0.2, 0.25) is 0 Å². The van der Waals surface area contributed by atoms with Gasteiger partial charge in [0.05, 0.1) is 12.1 Å². The van der Waals surface area contributed by atoms with Gasteiger partial charge >= 0.3 is 5.97 Å². The summed E-state index contributed by atoms with van der Waals surface area (Å²) in [4.78, 5) is 16.7. The molecule has 5 heteroatoms. The summed E-state index contributed by atoms with van der Waals surface area (Å²) in [5.41, 5.74) is 2.98. The third kappa shape index (κ3) is 3.31. The van der Waals surface area contributed by atoms with Crippen LogP contribution in [0.3, 0.4) is 0 Å². The Morgan fingerprint density at radius 3 is 2.56 bits per heavy atom. The topological polar surface area (TPSA) is 57.0 Å². The quantitative estimate of drug-likeness (QED) is 0.673. The Morgan fingerprint density at radius 1 is 1.16 bits per heavy atom. The summed E-state index contributed by atoms with van der Waals surface area (Å²) >= 11 is 0. The van der Waals surface area contributed by atoms with Gasteiger partial charge in [-0.05, 0) is 29.7 Å². The first-order valence-corrected chi connectivity index (χ1v) is 8.36. The molecule has 0 aliphatic heterocycles. The Morgan fingerprint density at radius 2 is 1.88 bits per heavy atom. The largest absolute Gasteiger partial charge is 0.452 e. The Hall–Kier alpha value is -2.95. The van der Waals surface area contributed by atoms with Crippen molar-refractivity contribution in [2.24, 2.45) is 13.0 Å². The molecule has 0 bridgehead atoms. The lowest BCUT2D eigenvalue weighted by Crippen LogP contribution is -2.15. The minimum Gasteiger partial charge on any atom is -0.452 e. The van der Waals surface area contributed by atoms with Crippen LogP contribution in [0.4, 0.5) is 0 Å². The average molecular weight is 333 g/mol. The van der Waals surface area contributed by atoms with Gasteiger partial charge in [0.1, 0.15) is 0 Å². The number of carbonyl (C=O) groups excluding carboxylic acids is 1. The van der Waals surface area contributed by atoms with Gasteiger partial charge in [0.2, 0.25) is 0 Å². The Kier molecular flexibility index (Phi) is 4.06. The second-order valence-corrected chi connectivity index (χ2v) is 6.40. The standard InChI is InChI=1S/C20H19N3O2/c1-23-13-16(12-22-23)17-11-18(17)20(24)25-19(14-5-3-2-4-6-14)15-7-9-21-10-8-15/h2-10,12-13,17-19H,11H2,1H3/t17-,18+,19-/m0/s1. The number of aryl methyl sites for hydroxylation is 1.